The van der Waals surface area contributed by atoms with Crippen LogP contribution in [0.4, 0.5) is 11.6 Å². The molecule has 1 heterocycles. The molecule has 0 saturated heterocycles. The van der Waals surface area contributed by atoms with Gasteiger partial charge in [0.1, 0.15) is 18.0 Å². The molecule has 0 aliphatic heterocycles. The number of methoxy groups -OCH3 is 1. The number of rotatable bonds is 6. The first kappa shape index (κ1) is 12.7. The minimum Gasteiger partial charge on any atom is -0.383 e. The Hall–Kier alpha value is -1.40. The number of hydrazine groups is 1. The lowest BCUT2D eigenvalue weighted by molar-refractivity contribution is 0.206. The second-order valence-electron chi connectivity index (χ2n) is 3.44. The Morgan fingerprint density at radius 1 is 1.50 bits per heavy atom. The van der Waals surface area contributed by atoms with Crippen LogP contribution >= 0.6 is 0 Å². The summed E-state index contributed by atoms with van der Waals surface area (Å²) in [4.78, 5) is 10.4. The van der Waals surface area contributed by atoms with Crippen molar-refractivity contribution < 1.29 is 4.74 Å². The lowest BCUT2D eigenvalue weighted by atomic mass is 10.2. The number of hydrogen-bond acceptors (Lipinski definition) is 6. The van der Waals surface area contributed by atoms with Gasteiger partial charge in [-0.1, -0.05) is 6.92 Å². The van der Waals surface area contributed by atoms with Crippen LogP contribution in [0.25, 0.3) is 0 Å². The monoisotopic (exact) mass is 225 g/mol. The maximum atomic E-state index is 5.41. The van der Waals surface area contributed by atoms with Gasteiger partial charge in [-0.3, -0.25) is 0 Å². The van der Waals surface area contributed by atoms with E-state index in [1.54, 1.807) is 7.11 Å². The minimum atomic E-state index is 0.662. The number of nitrogens with one attached hydrogen (secondary N) is 1. The van der Waals surface area contributed by atoms with Crippen molar-refractivity contribution in [2.75, 3.05) is 37.6 Å². The van der Waals surface area contributed by atoms with E-state index >= 15 is 0 Å². The molecule has 0 fully saturated rings. The van der Waals surface area contributed by atoms with Gasteiger partial charge in [-0.25, -0.2) is 15.8 Å². The molecule has 1 aromatic rings. The van der Waals surface area contributed by atoms with E-state index in [1.165, 1.54) is 6.33 Å². The lowest BCUT2D eigenvalue weighted by Crippen LogP contribution is -2.25. The molecular weight excluding hydrogens is 206 g/mol. The van der Waals surface area contributed by atoms with Crippen molar-refractivity contribution in [2.24, 2.45) is 5.84 Å². The van der Waals surface area contributed by atoms with Crippen LogP contribution in [0.5, 0.6) is 0 Å². The first-order valence-electron chi connectivity index (χ1n) is 5.25. The second kappa shape index (κ2) is 6.24. The minimum absolute atomic E-state index is 0.662. The average Bonchev–Trinajstić information content (AvgIpc) is 2.34. The van der Waals surface area contributed by atoms with Crippen molar-refractivity contribution in [3.63, 3.8) is 0 Å². The zero-order valence-corrected chi connectivity index (χ0v) is 10.0. The highest BCUT2D eigenvalue weighted by molar-refractivity contribution is 5.57. The zero-order valence-electron chi connectivity index (χ0n) is 10.0. The molecule has 0 radical (unpaired) electrons. The summed E-state index contributed by atoms with van der Waals surface area (Å²) in [5.74, 6) is 6.98. The molecule has 0 atom stereocenters. The highest BCUT2D eigenvalue weighted by atomic mass is 16.5. The number of aromatic nitrogens is 2. The molecule has 1 rings (SSSR count). The third-order valence-electron chi connectivity index (χ3n) is 2.41. The Bertz CT molecular complexity index is 331. The van der Waals surface area contributed by atoms with Crippen molar-refractivity contribution in [1.82, 2.24) is 9.97 Å². The van der Waals surface area contributed by atoms with Gasteiger partial charge in [-0.05, 0) is 6.42 Å². The van der Waals surface area contributed by atoms with Crippen molar-refractivity contribution in [3.8, 4) is 0 Å². The van der Waals surface area contributed by atoms with Crippen LogP contribution in [0.1, 0.15) is 12.5 Å². The molecule has 0 aromatic carbocycles. The number of ether oxygens (including phenoxy) is 1. The number of hydrogen-bond donors (Lipinski definition) is 2. The fourth-order valence-corrected chi connectivity index (χ4v) is 1.52. The summed E-state index contributed by atoms with van der Waals surface area (Å²) in [6, 6.07) is 0. The van der Waals surface area contributed by atoms with E-state index in [0.29, 0.717) is 12.4 Å². The highest BCUT2D eigenvalue weighted by Gasteiger charge is 2.12. The summed E-state index contributed by atoms with van der Waals surface area (Å²) in [5, 5.41) is 0. The predicted molar refractivity (Wildman–Crippen MR) is 64.4 cm³/mol. The Morgan fingerprint density at radius 3 is 2.81 bits per heavy atom. The smallest absolute Gasteiger partial charge is 0.148 e. The Balaban J connectivity index is 2.93. The third kappa shape index (κ3) is 2.80. The molecule has 0 saturated carbocycles. The maximum Gasteiger partial charge on any atom is 0.148 e. The summed E-state index contributed by atoms with van der Waals surface area (Å²) >= 11 is 0. The van der Waals surface area contributed by atoms with Crippen LogP contribution in [-0.4, -0.2) is 37.3 Å². The molecule has 0 aliphatic carbocycles. The predicted octanol–water partition coefficient (Wildman–Crippen LogP) is 0.407. The molecule has 3 N–H and O–H groups in total. The van der Waals surface area contributed by atoms with Gasteiger partial charge in [-0.2, -0.15) is 0 Å². The van der Waals surface area contributed by atoms with Crippen LogP contribution in [0.15, 0.2) is 6.33 Å². The summed E-state index contributed by atoms with van der Waals surface area (Å²) < 4.78 is 5.04. The van der Waals surface area contributed by atoms with E-state index in [4.69, 9.17) is 10.6 Å². The van der Waals surface area contributed by atoms with E-state index in [-0.39, 0.29) is 0 Å². The van der Waals surface area contributed by atoms with Gasteiger partial charge in [0.15, 0.2) is 0 Å². The normalized spacial score (nSPS) is 10.2. The van der Waals surface area contributed by atoms with Crippen molar-refractivity contribution in [3.05, 3.63) is 11.9 Å². The molecule has 0 spiro atoms. The van der Waals surface area contributed by atoms with Gasteiger partial charge in [0.25, 0.3) is 0 Å². The number of anilines is 2. The SMILES string of the molecule is CCc1c(NN)ncnc1N(C)CCOC. The molecule has 1 aromatic heterocycles. The largest absolute Gasteiger partial charge is 0.383 e. The standard InChI is InChI=1S/C10H19N5O/c1-4-8-9(14-11)12-7-13-10(8)15(2)5-6-16-3/h7H,4-6,11H2,1-3H3,(H,12,13,14). The lowest BCUT2D eigenvalue weighted by Gasteiger charge is -2.21. The van der Waals surface area contributed by atoms with Crippen LogP contribution in [-0.2, 0) is 11.2 Å². The molecular formula is C10H19N5O. The van der Waals surface area contributed by atoms with Gasteiger partial charge >= 0.3 is 0 Å². The van der Waals surface area contributed by atoms with E-state index in [1.807, 2.05) is 18.9 Å². The molecule has 0 aliphatic rings. The van der Waals surface area contributed by atoms with Crippen LogP contribution in [0, 0.1) is 0 Å². The van der Waals surface area contributed by atoms with Crippen LogP contribution in [0.3, 0.4) is 0 Å². The Kier molecular flexibility index (Phi) is 4.94. The Morgan fingerprint density at radius 2 is 2.25 bits per heavy atom. The van der Waals surface area contributed by atoms with Gasteiger partial charge in [-0.15, -0.1) is 0 Å². The van der Waals surface area contributed by atoms with E-state index in [0.717, 1.165) is 24.3 Å². The molecule has 6 heteroatoms. The fourth-order valence-electron chi connectivity index (χ4n) is 1.52. The van der Waals surface area contributed by atoms with Crippen LogP contribution in [0.2, 0.25) is 0 Å². The topological polar surface area (TPSA) is 76.3 Å². The molecule has 16 heavy (non-hydrogen) atoms. The summed E-state index contributed by atoms with van der Waals surface area (Å²) in [5.41, 5.74) is 3.61. The molecule has 0 unspecified atom stereocenters. The van der Waals surface area contributed by atoms with Gasteiger partial charge in [0.05, 0.1) is 6.61 Å². The van der Waals surface area contributed by atoms with Crippen molar-refractivity contribution in [2.45, 2.75) is 13.3 Å². The quantitative estimate of drug-likeness (QED) is 0.539. The number of likely N-dealkylation sites (N-methyl/N-ethyl adjacent to an activating group) is 1. The number of nitrogens with two attached hydrogens (primary N) is 1. The summed E-state index contributed by atoms with van der Waals surface area (Å²) in [6.07, 6.45) is 2.33. The number of nitrogen functional groups attached to an aromatic ring is 1. The molecule has 6 nitrogen and oxygen atoms in total. The summed E-state index contributed by atoms with van der Waals surface area (Å²) in [7, 11) is 3.65. The third-order valence-corrected chi connectivity index (χ3v) is 2.41. The second-order valence-corrected chi connectivity index (χ2v) is 3.44. The van der Waals surface area contributed by atoms with Crippen molar-refractivity contribution >= 4 is 11.6 Å². The Labute approximate surface area is 95.8 Å². The fraction of sp³-hybridized carbons (Fsp3) is 0.600. The van der Waals surface area contributed by atoms with E-state index in [9.17, 15) is 0 Å². The van der Waals surface area contributed by atoms with Gasteiger partial charge in [0.2, 0.25) is 0 Å². The maximum absolute atomic E-state index is 5.41. The highest BCUT2D eigenvalue weighted by Crippen LogP contribution is 2.22. The zero-order chi connectivity index (χ0) is 12.0. The van der Waals surface area contributed by atoms with Gasteiger partial charge in [0, 0.05) is 26.3 Å². The van der Waals surface area contributed by atoms with Crippen molar-refractivity contribution in [1.29, 1.82) is 0 Å². The molecule has 0 amide bonds. The number of nitrogens with zero attached hydrogens (tertiary/aromatic N) is 3. The van der Waals surface area contributed by atoms with Gasteiger partial charge < -0.3 is 15.1 Å². The molecule has 90 valence electrons. The average molecular weight is 225 g/mol. The van der Waals surface area contributed by atoms with E-state index in [2.05, 4.69) is 15.4 Å². The molecule has 0 bridgehead atoms. The first-order chi connectivity index (χ1) is 7.74. The first-order valence-corrected chi connectivity index (χ1v) is 5.25. The summed E-state index contributed by atoms with van der Waals surface area (Å²) in [6.45, 7) is 3.49. The van der Waals surface area contributed by atoms with E-state index < -0.39 is 0 Å². The van der Waals surface area contributed by atoms with Crippen LogP contribution < -0.4 is 16.2 Å².